The molecule has 1 aromatic rings. The largest absolute Gasteiger partial charge is 0.491 e. The summed E-state index contributed by atoms with van der Waals surface area (Å²) in [7, 11) is 0. The Morgan fingerprint density at radius 2 is 1.76 bits per heavy atom. The van der Waals surface area contributed by atoms with Gasteiger partial charge in [-0.3, -0.25) is 5.41 Å². The van der Waals surface area contributed by atoms with E-state index in [2.05, 4.69) is 79.9 Å². The molecule has 94 valence electrons. The predicted octanol–water partition coefficient (Wildman–Crippen LogP) is 3.99. The minimum atomic E-state index is 0.253. The highest BCUT2D eigenvalue weighted by Crippen LogP contribution is 2.29. The van der Waals surface area contributed by atoms with Crippen molar-refractivity contribution in [1.82, 2.24) is 0 Å². The molecule has 1 rings (SSSR count). The molecule has 0 atom stereocenters. The van der Waals surface area contributed by atoms with Gasteiger partial charge < -0.3 is 10.5 Å². The first kappa shape index (κ1) is 15.7. The highest BCUT2D eigenvalue weighted by molar-refractivity contribution is 14.1. The van der Waals surface area contributed by atoms with Gasteiger partial charge in [0.05, 0.1) is 19.6 Å². The van der Waals surface area contributed by atoms with Crippen molar-refractivity contribution < 1.29 is 4.74 Å². The zero-order valence-electron chi connectivity index (χ0n) is 9.10. The molecule has 0 heterocycles. The lowest BCUT2D eigenvalue weighted by molar-refractivity contribution is 0.303. The van der Waals surface area contributed by atoms with Crippen LogP contribution in [0, 0.1) is 16.1 Å². The first-order chi connectivity index (χ1) is 8.00. The van der Waals surface area contributed by atoms with E-state index in [0.29, 0.717) is 13.0 Å². The van der Waals surface area contributed by atoms with Gasteiger partial charge in [0.1, 0.15) is 5.75 Å². The first-order valence-corrected chi connectivity index (χ1v) is 8.34. The van der Waals surface area contributed by atoms with Crippen LogP contribution in [0.4, 0.5) is 0 Å². The molecule has 0 fully saturated rings. The summed E-state index contributed by atoms with van der Waals surface area (Å²) in [6.07, 6.45) is 2.49. The fourth-order valence-electron chi connectivity index (χ4n) is 1.26. The molecule has 3 nitrogen and oxygen atoms in total. The van der Waals surface area contributed by atoms with Crippen LogP contribution in [0.3, 0.4) is 0 Å². The topological polar surface area (TPSA) is 59.1 Å². The van der Waals surface area contributed by atoms with Gasteiger partial charge in [0.25, 0.3) is 0 Å². The Morgan fingerprint density at radius 3 is 2.29 bits per heavy atom. The molecule has 3 N–H and O–H groups in total. The van der Waals surface area contributed by atoms with Crippen LogP contribution in [-0.2, 0) is 0 Å². The number of ether oxygens (including phenoxy) is 1. The van der Waals surface area contributed by atoms with Gasteiger partial charge in [-0.05, 0) is 92.7 Å². The quantitative estimate of drug-likeness (QED) is 0.236. The van der Waals surface area contributed by atoms with Gasteiger partial charge in [0.15, 0.2) is 0 Å². The Kier molecular flexibility index (Phi) is 7.38. The van der Waals surface area contributed by atoms with Gasteiger partial charge in [-0.1, -0.05) is 0 Å². The minimum Gasteiger partial charge on any atom is -0.491 e. The summed E-state index contributed by atoms with van der Waals surface area (Å²) in [6.45, 7) is 0.680. The van der Waals surface area contributed by atoms with Crippen LogP contribution in [0.25, 0.3) is 0 Å². The second-order valence-corrected chi connectivity index (χ2v) is 7.10. The average molecular weight is 570 g/mol. The maximum Gasteiger partial charge on any atom is 0.145 e. The first-order valence-electron chi connectivity index (χ1n) is 5.11. The van der Waals surface area contributed by atoms with Crippen LogP contribution < -0.4 is 10.5 Å². The monoisotopic (exact) mass is 570 g/mol. The molecule has 1 aromatic carbocycles. The van der Waals surface area contributed by atoms with E-state index < -0.39 is 0 Å². The molecular formula is C11H13I3N2O. The lowest BCUT2D eigenvalue weighted by atomic mass is 10.2. The summed E-state index contributed by atoms with van der Waals surface area (Å²) in [5, 5.41) is 7.12. The van der Waals surface area contributed by atoms with Crippen molar-refractivity contribution in [2.75, 3.05) is 6.61 Å². The van der Waals surface area contributed by atoms with E-state index in [9.17, 15) is 0 Å². The molecule has 0 aliphatic heterocycles. The smallest absolute Gasteiger partial charge is 0.145 e. The number of hydrogen-bond donors (Lipinski definition) is 2. The summed E-state index contributed by atoms with van der Waals surface area (Å²) < 4.78 is 9.29. The number of unbranched alkanes of at least 4 members (excludes halogenated alkanes) is 1. The van der Waals surface area contributed by atoms with E-state index in [0.717, 1.165) is 25.7 Å². The number of halogens is 3. The zero-order chi connectivity index (χ0) is 12.8. The van der Waals surface area contributed by atoms with E-state index in [-0.39, 0.29) is 5.84 Å². The van der Waals surface area contributed by atoms with E-state index in [1.54, 1.807) is 0 Å². The van der Waals surface area contributed by atoms with Crippen LogP contribution in [0.5, 0.6) is 5.75 Å². The van der Waals surface area contributed by atoms with Crippen LogP contribution in [0.1, 0.15) is 19.3 Å². The Morgan fingerprint density at radius 1 is 1.18 bits per heavy atom. The maximum absolute atomic E-state index is 7.12. The molecule has 0 saturated carbocycles. The van der Waals surface area contributed by atoms with Crippen molar-refractivity contribution in [3.63, 3.8) is 0 Å². The average Bonchev–Trinajstić information content (AvgIpc) is 2.20. The fraction of sp³-hybridized carbons (Fsp3) is 0.364. The number of rotatable bonds is 6. The van der Waals surface area contributed by atoms with Gasteiger partial charge in [-0.15, -0.1) is 0 Å². The summed E-state index contributed by atoms with van der Waals surface area (Å²) >= 11 is 6.89. The van der Waals surface area contributed by atoms with E-state index >= 15 is 0 Å². The highest BCUT2D eigenvalue weighted by Gasteiger charge is 2.07. The van der Waals surface area contributed by atoms with Gasteiger partial charge in [-0.25, -0.2) is 0 Å². The number of nitrogens with one attached hydrogen (secondary N) is 1. The molecule has 0 aliphatic rings. The summed E-state index contributed by atoms with van der Waals surface area (Å²) in [4.78, 5) is 0. The Hall–Kier alpha value is 0.680. The highest BCUT2D eigenvalue weighted by atomic mass is 127. The third kappa shape index (κ3) is 5.90. The summed E-state index contributed by atoms with van der Waals surface area (Å²) in [6, 6.07) is 4.21. The van der Waals surface area contributed by atoms with E-state index in [1.807, 2.05) is 0 Å². The predicted molar refractivity (Wildman–Crippen MR) is 95.9 cm³/mol. The third-order valence-corrected chi connectivity index (χ3v) is 4.28. The second-order valence-electron chi connectivity index (χ2n) is 3.53. The van der Waals surface area contributed by atoms with Crippen molar-refractivity contribution in [2.24, 2.45) is 5.73 Å². The third-order valence-electron chi connectivity index (χ3n) is 2.05. The molecule has 17 heavy (non-hydrogen) atoms. The molecule has 0 saturated heterocycles. The molecule has 0 radical (unpaired) electrons. The van der Waals surface area contributed by atoms with Crippen LogP contribution in [-0.4, -0.2) is 12.4 Å². The van der Waals surface area contributed by atoms with Gasteiger partial charge in [0, 0.05) is 9.99 Å². The Bertz CT molecular complexity index is 387. The molecule has 0 aromatic heterocycles. The lowest BCUT2D eigenvalue weighted by Gasteiger charge is -2.10. The normalized spacial score (nSPS) is 10.3. The Labute approximate surface area is 142 Å². The molecule has 0 bridgehead atoms. The van der Waals surface area contributed by atoms with E-state index in [4.69, 9.17) is 15.9 Å². The SMILES string of the molecule is N=C(N)CCCCOc1c(I)cc(I)cc1I. The fourth-order valence-corrected chi connectivity index (χ4v) is 5.15. The van der Waals surface area contributed by atoms with Crippen molar-refractivity contribution in [3.8, 4) is 5.75 Å². The molecule has 6 heteroatoms. The molecule has 0 aliphatic carbocycles. The number of amidine groups is 1. The van der Waals surface area contributed by atoms with Gasteiger partial charge >= 0.3 is 0 Å². The number of benzene rings is 1. The maximum atomic E-state index is 7.12. The van der Waals surface area contributed by atoms with Crippen LogP contribution in [0.15, 0.2) is 12.1 Å². The zero-order valence-corrected chi connectivity index (χ0v) is 15.6. The summed E-state index contributed by atoms with van der Waals surface area (Å²) in [5.41, 5.74) is 5.29. The standard InChI is InChI=1S/C11H13I3N2O/c12-7-5-8(13)11(9(14)6-7)17-4-2-1-3-10(15)16/h5-6H,1-4H2,(H3,15,16). The summed E-state index contributed by atoms with van der Waals surface area (Å²) in [5.74, 6) is 1.22. The molecule has 0 spiro atoms. The molecule has 0 amide bonds. The van der Waals surface area contributed by atoms with Crippen molar-refractivity contribution in [1.29, 1.82) is 5.41 Å². The van der Waals surface area contributed by atoms with Crippen LogP contribution >= 0.6 is 67.8 Å². The molecular weight excluding hydrogens is 557 g/mol. The van der Waals surface area contributed by atoms with Gasteiger partial charge in [-0.2, -0.15) is 0 Å². The van der Waals surface area contributed by atoms with E-state index in [1.165, 1.54) is 3.57 Å². The Balaban J connectivity index is 2.44. The molecule has 0 unspecified atom stereocenters. The van der Waals surface area contributed by atoms with Crippen molar-refractivity contribution in [3.05, 3.63) is 22.8 Å². The van der Waals surface area contributed by atoms with Gasteiger partial charge in [0.2, 0.25) is 0 Å². The number of hydrogen-bond acceptors (Lipinski definition) is 2. The lowest BCUT2D eigenvalue weighted by Crippen LogP contribution is -2.09. The minimum absolute atomic E-state index is 0.253. The van der Waals surface area contributed by atoms with Crippen molar-refractivity contribution in [2.45, 2.75) is 19.3 Å². The van der Waals surface area contributed by atoms with Crippen molar-refractivity contribution >= 4 is 73.6 Å². The number of nitrogens with two attached hydrogens (primary N) is 1. The second kappa shape index (κ2) is 7.97. The van der Waals surface area contributed by atoms with Crippen LogP contribution in [0.2, 0.25) is 0 Å².